The van der Waals surface area contributed by atoms with E-state index in [0.29, 0.717) is 12.0 Å². The van der Waals surface area contributed by atoms with Crippen molar-refractivity contribution < 1.29 is 4.74 Å². The van der Waals surface area contributed by atoms with E-state index in [-0.39, 0.29) is 0 Å². The third kappa shape index (κ3) is 2.97. The van der Waals surface area contributed by atoms with Crippen molar-refractivity contribution in [1.82, 2.24) is 15.3 Å². The minimum absolute atomic E-state index is 0.633. The molecule has 0 bridgehead atoms. The second kappa shape index (κ2) is 6.12. The number of likely N-dealkylation sites (N-methyl/N-ethyl adjacent to an activating group) is 1. The summed E-state index contributed by atoms with van der Waals surface area (Å²) < 4.78 is 5.46. The van der Waals surface area contributed by atoms with Gasteiger partial charge in [0.2, 0.25) is 0 Å². The maximum atomic E-state index is 5.46. The summed E-state index contributed by atoms with van der Waals surface area (Å²) >= 11 is 0. The number of methoxy groups -OCH3 is 1. The van der Waals surface area contributed by atoms with Crippen LogP contribution in [0.15, 0.2) is 24.3 Å². The lowest BCUT2D eigenvalue weighted by molar-refractivity contribution is 0.0625. The highest BCUT2D eigenvalue weighted by molar-refractivity contribution is 5.37. The Hall–Kier alpha value is -1.10. The molecule has 0 radical (unpaired) electrons. The Bertz CT molecular complexity index is 437. The first-order chi connectivity index (χ1) is 9.76. The first-order valence-corrected chi connectivity index (χ1v) is 7.59. The van der Waals surface area contributed by atoms with Crippen molar-refractivity contribution in [3.05, 3.63) is 29.8 Å². The van der Waals surface area contributed by atoms with Crippen LogP contribution in [0.2, 0.25) is 0 Å². The molecule has 110 valence electrons. The number of benzene rings is 1. The molecule has 4 heteroatoms. The lowest BCUT2D eigenvalue weighted by Crippen LogP contribution is -2.56. The van der Waals surface area contributed by atoms with Crippen molar-refractivity contribution in [3.63, 3.8) is 0 Å². The van der Waals surface area contributed by atoms with Gasteiger partial charge in [-0.05, 0) is 37.4 Å². The maximum Gasteiger partial charge on any atom is 0.122 e. The van der Waals surface area contributed by atoms with Gasteiger partial charge in [0.25, 0.3) is 0 Å². The Kier molecular flexibility index (Phi) is 4.24. The number of hydrogen-bond acceptors (Lipinski definition) is 4. The molecule has 4 nitrogen and oxygen atoms in total. The molecule has 1 aromatic carbocycles. The highest BCUT2D eigenvalue weighted by Gasteiger charge is 2.33. The summed E-state index contributed by atoms with van der Waals surface area (Å²) in [5.74, 6) is 1.69. The quantitative estimate of drug-likeness (QED) is 0.905. The van der Waals surface area contributed by atoms with Gasteiger partial charge in [0.05, 0.1) is 7.11 Å². The van der Waals surface area contributed by atoms with E-state index in [1.165, 1.54) is 18.4 Å². The van der Waals surface area contributed by atoms with E-state index in [2.05, 4.69) is 40.6 Å². The molecule has 0 aromatic heterocycles. The molecule has 2 fully saturated rings. The Morgan fingerprint density at radius 3 is 2.50 bits per heavy atom. The largest absolute Gasteiger partial charge is 0.496 e. The van der Waals surface area contributed by atoms with E-state index in [1.54, 1.807) is 7.11 Å². The molecule has 0 amide bonds. The number of para-hydroxylation sites is 1. The van der Waals surface area contributed by atoms with E-state index in [9.17, 15) is 0 Å². The highest BCUT2D eigenvalue weighted by atomic mass is 16.5. The third-order valence-corrected chi connectivity index (χ3v) is 4.59. The minimum atomic E-state index is 0.633. The SMILES string of the molecule is COc1ccccc1C1CC(NN2CCN(C)CC2)C1. The normalized spacial score (nSPS) is 28.1. The molecule has 0 spiro atoms. The second-order valence-electron chi connectivity index (χ2n) is 6.03. The van der Waals surface area contributed by atoms with Crippen molar-refractivity contribution >= 4 is 0 Å². The van der Waals surface area contributed by atoms with Crippen LogP contribution in [-0.2, 0) is 0 Å². The third-order valence-electron chi connectivity index (χ3n) is 4.59. The van der Waals surface area contributed by atoms with E-state index in [4.69, 9.17) is 4.74 Å². The second-order valence-corrected chi connectivity index (χ2v) is 6.03. The number of hydrogen-bond donors (Lipinski definition) is 1. The molecule has 1 N–H and O–H groups in total. The fraction of sp³-hybridized carbons (Fsp3) is 0.625. The summed E-state index contributed by atoms with van der Waals surface area (Å²) in [6.45, 7) is 4.59. The average Bonchev–Trinajstić information content (AvgIpc) is 2.44. The molecule has 1 saturated carbocycles. The van der Waals surface area contributed by atoms with E-state index in [1.807, 2.05) is 6.07 Å². The van der Waals surface area contributed by atoms with E-state index < -0.39 is 0 Å². The fourth-order valence-corrected chi connectivity index (χ4v) is 3.17. The van der Waals surface area contributed by atoms with Gasteiger partial charge < -0.3 is 9.64 Å². The number of ether oxygens (including phenoxy) is 1. The van der Waals surface area contributed by atoms with Gasteiger partial charge in [-0.3, -0.25) is 5.43 Å². The van der Waals surface area contributed by atoms with Gasteiger partial charge >= 0.3 is 0 Å². The van der Waals surface area contributed by atoms with Gasteiger partial charge in [-0.1, -0.05) is 18.2 Å². The summed E-state index contributed by atoms with van der Waals surface area (Å²) in [5, 5.41) is 2.39. The highest BCUT2D eigenvalue weighted by Crippen LogP contribution is 2.41. The zero-order valence-corrected chi connectivity index (χ0v) is 12.5. The molecular formula is C16H25N3O. The summed E-state index contributed by atoms with van der Waals surface area (Å²) in [6.07, 6.45) is 2.43. The lowest BCUT2D eigenvalue weighted by Gasteiger charge is -2.42. The van der Waals surface area contributed by atoms with E-state index >= 15 is 0 Å². The first kappa shape index (κ1) is 13.9. The van der Waals surface area contributed by atoms with Gasteiger partial charge in [0.1, 0.15) is 5.75 Å². The van der Waals surface area contributed by atoms with E-state index in [0.717, 1.165) is 31.9 Å². The zero-order chi connectivity index (χ0) is 13.9. The molecule has 1 heterocycles. The number of rotatable bonds is 4. The standard InChI is InChI=1S/C16H25N3O/c1-18-7-9-19(10-8-18)17-14-11-13(12-14)15-5-3-4-6-16(15)20-2/h3-6,13-14,17H,7-12H2,1-2H3. The molecule has 1 aromatic rings. The number of nitrogens with zero attached hydrogens (tertiary/aromatic N) is 2. The van der Waals surface area contributed by atoms with Crippen LogP contribution in [0.5, 0.6) is 5.75 Å². The molecule has 1 aliphatic carbocycles. The van der Waals surface area contributed by atoms with Crippen molar-refractivity contribution in [1.29, 1.82) is 0 Å². The summed E-state index contributed by atoms with van der Waals surface area (Å²) in [6, 6.07) is 9.06. The van der Waals surface area contributed by atoms with Gasteiger partial charge in [-0.15, -0.1) is 0 Å². The predicted octanol–water partition coefficient (Wildman–Crippen LogP) is 1.69. The van der Waals surface area contributed by atoms with Crippen molar-refractivity contribution in [2.45, 2.75) is 24.8 Å². The molecule has 0 unspecified atom stereocenters. The molecule has 1 aliphatic heterocycles. The minimum Gasteiger partial charge on any atom is -0.496 e. The van der Waals surface area contributed by atoms with Gasteiger partial charge in [-0.25, -0.2) is 5.01 Å². The number of piperazine rings is 1. The van der Waals surface area contributed by atoms with Crippen LogP contribution in [0.4, 0.5) is 0 Å². The van der Waals surface area contributed by atoms with Crippen molar-refractivity contribution in [2.75, 3.05) is 40.3 Å². The van der Waals surface area contributed by atoms with Crippen molar-refractivity contribution in [2.24, 2.45) is 0 Å². The average molecular weight is 275 g/mol. The summed E-state index contributed by atoms with van der Waals surface area (Å²) in [5.41, 5.74) is 5.05. The van der Waals surface area contributed by atoms with Gasteiger partial charge in [-0.2, -0.15) is 0 Å². The van der Waals surface area contributed by atoms with Crippen LogP contribution in [0, 0.1) is 0 Å². The first-order valence-electron chi connectivity index (χ1n) is 7.59. The van der Waals surface area contributed by atoms with Crippen molar-refractivity contribution in [3.8, 4) is 5.75 Å². The van der Waals surface area contributed by atoms with Crippen LogP contribution >= 0.6 is 0 Å². The van der Waals surface area contributed by atoms with Crippen LogP contribution in [0.1, 0.15) is 24.3 Å². The number of hydrazine groups is 1. The smallest absolute Gasteiger partial charge is 0.122 e. The Morgan fingerprint density at radius 2 is 1.80 bits per heavy atom. The molecule has 2 aliphatic rings. The molecular weight excluding hydrogens is 250 g/mol. The molecule has 20 heavy (non-hydrogen) atoms. The lowest BCUT2D eigenvalue weighted by atomic mass is 9.76. The summed E-state index contributed by atoms with van der Waals surface area (Å²) in [4.78, 5) is 2.39. The number of nitrogens with one attached hydrogen (secondary N) is 1. The Morgan fingerprint density at radius 1 is 1.10 bits per heavy atom. The summed E-state index contributed by atoms with van der Waals surface area (Å²) in [7, 11) is 3.95. The predicted molar refractivity (Wildman–Crippen MR) is 81.0 cm³/mol. The zero-order valence-electron chi connectivity index (χ0n) is 12.5. The van der Waals surface area contributed by atoms with Crippen LogP contribution in [0.25, 0.3) is 0 Å². The van der Waals surface area contributed by atoms with Crippen LogP contribution in [-0.4, -0.2) is 56.3 Å². The monoisotopic (exact) mass is 275 g/mol. The van der Waals surface area contributed by atoms with Crippen LogP contribution < -0.4 is 10.2 Å². The fourth-order valence-electron chi connectivity index (χ4n) is 3.17. The molecule has 0 atom stereocenters. The molecule has 1 saturated heterocycles. The van der Waals surface area contributed by atoms with Gasteiger partial charge in [0, 0.05) is 32.2 Å². The maximum absolute atomic E-state index is 5.46. The topological polar surface area (TPSA) is 27.7 Å². The Labute approximate surface area is 121 Å². The molecule has 3 rings (SSSR count). The van der Waals surface area contributed by atoms with Gasteiger partial charge in [0.15, 0.2) is 0 Å². The van der Waals surface area contributed by atoms with Crippen LogP contribution in [0.3, 0.4) is 0 Å². The Balaban J connectivity index is 1.49.